The second-order valence-corrected chi connectivity index (χ2v) is 5.30. The Morgan fingerprint density at radius 3 is 2.44 bits per heavy atom. The fraction of sp³-hybridized carbons (Fsp3) is 0.278. The van der Waals surface area contributed by atoms with E-state index in [4.69, 9.17) is 19.9 Å². The Hall–Kier alpha value is -2.96. The van der Waals surface area contributed by atoms with Gasteiger partial charge in [-0.05, 0) is 43.3 Å². The van der Waals surface area contributed by atoms with Crippen LogP contribution in [0.5, 0.6) is 17.2 Å². The Morgan fingerprint density at radius 2 is 1.80 bits per heavy atom. The fourth-order valence-corrected chi connectivity index (χ4v) is 2.11. The van der Waals surface area contributed by atoms with Gasteiger partial charge in [0.25, 0.3) is 0 Å². The molecule has 3 N–H and O–H groups in total. The second-order valence-electron chi connectivity index (χ2n) is 5.30. The molecule has 0 saturated carbocycles. The second kappa shape index (κ2) is 8.77. The lowest BCUT2D eigenvalue weighted by Crippen LogP contribution is -2.25. The molecule has 0 amide bonds. The van der Waals surface area contributed by atoms with Gasteiger partial charge < -0.3 is 25.3 Å². The number of nitrogens with zero attached hydrogens (tertiary/aromatic N) is 1. The summed E-state index contributed by atoms with van der Waals surface area (Å²) in [5.74, 6) is 1.75. The number of ether oxygens (including phenoxy) is 3. The first-order valence-electron chi connectivity index (χ1n) is 7.73. The topological polar surface area (TPSA) is 78.1 Å². The highest BCUT2D eigenvalue weighted by Gasteiger charge is 2.06. The number of halogens is 1. The molecule has 2 rings (SSSR count). The van der Waals surface area contributed by atoms with Crippen molar-refractivity contribution < 1.29 is 18.6 Å². The predicted molar refractivity (Wildman–Crippen MR) is 96.1 cm³/mol. The molecule has 0 bridgehead atoms. The molecule has 6 nitrogen and oxygen atoms in total. The van der Waals surface area contributed by atoms with Crippen molar-refractivity contribution in [3.63, 3.8) is 0 Å². The molecule has 1 atom stereocenters. The standard InChI is InChI=1S/C18H22FN3O3/c1-12(25-15-7-4-13(19)5-8-15)11-21-18(20)22-14-6-9-16(23-2)17(10-14)24-3/h4-10,12H,11H2,1-3H3,(H3,20,21,22). The van der Waals surface area contributed by atoms with Crippen molar-refractivity contribution in [2.75, 3.05) is 26.1 Å². The molecule has 7 heteroatoms. The van der Waals surface area contributed by atoms with Gasteiger partial charge in [-0.2, -0.15) is 0 Å². The summed E-state index contributed by atoms with van der Waals surface area (Å²) in [4.78, 5) is 4.24. The number of hydrogen-bond acceptors (Lipinski definition) is 4. The van der Waals surface area contributed by atoms with Gasteiger partial charge in [0.2, 0.25) is 0 Å². The third kappa shape index (κ3) is 5.56. The zero-order chi connectivity index (χ0) is 18.2. The molecule has 0 fully saturated rings. The Labute approximate surface area is 146 Å². The van der Waals surface area contributed by atoms with Crippen LogP contribution in [0.1, 0.15) is 6.92 Å². The van der Waals surface area contributed by atoms with Crippen LogP contribution in [0.15, 0.2) is 47.5 Å². The van der Waals surface area contributed by atoms with Crippen molar-refractivity contribution in [2.24, 2.45) is 10.7 Å². The molecule has 0 radical (unpaired) electrons. The molecular weight excluding hydrogens is 325 g/mol. The van der Waals surface area contributed by atoms with E-state index in [1.54, 1.807) is 38.5 Å². The Kier molecular flexibility index (Phi) is 6.45. The largest absolute Gasteiger partial charge is 0.493 e. The lowest BCUT2D eigenvalue weighted by atomic mass is 10.3. The smallest absolute Gasteiger partial charge is 0.193 e. The average molecular weight is 347 g/mol. The first kappa shape index (κ1) is 18.4. The van der Waals surface area contributed by atoms with Crippen molar-refractivity contribution in [3.8, 4) is 17.2 Å². The van der Waals surface area contributed by atoms with E-state index < -0.39 is 0 Å². The highest BCUT2D eigenvalue weighted by atomic mass is 19.1. The SMILES string of the molecule is COc1ccc(NC(N)=NCC(C)Oc2ccc(F)cc2)cc1OC. The summed E-state index contributed by atoms with van der Waals surface area (Å²) < 4.78 is 28.9. The molecular formula is C18H22FN3O3. The summed E-state index contributed by atoms with van der Waals surface area (Å²) in [5.41, 5.74) is 6.62. The molecule has 0 heterocycles. The minimum atomic E-state index is -0.304. The molecule has 0 aliphatic carbocycles. The number of methoxy groups -OCH3 is 2. The van der Waals surface area contributed by atoms with Gasteiger partial charge in [-0.25, -0.2) is 9.38 Å². The summed E-state index contributed by atoms with van der Waals surface area (Å²) in [6.07, 6.45) is -0.212. The van der Waals surface area contributed by atoms with Gasteiger partial charge in [-0.1, -0.05) is 0 Å². The van der Waals surface area contributed by atoms with Crippen LogP contribution in [0.4, 0.5) is 10.1 Å². The molecule has 0 spiro atoms. The number of benzene rings is 2. The summed E-state index contributed by atoms with van der Waals surface area (Å²) in [5, 5.41) is 2.98. The highest BCUT2D eigenvalue weighted by Crippen LogP contribution is 2.29. The van der Waals surface area contributed by atoms with Crippen LogP contribution in [-0.2, 0) is 0 Å². The molecule has 2 aromatic rings. The van der Waals surface area contributed by atoms with E-state index in [1.807, 2.05) is 13.0 Å². The number of anilines is 1. The minimum absolute atomic E-state index is 0.212. The first-order valence-corrected chi connectivity index (χ1v) is 7.73. The minimum Gasteiger partial charge on any atom is -0.493 e. The van der Waals surface area contributed by atoms with E-state index in [1.165, 1.54) is 12.1 Å². The quantitative estimate of drug-likeness (QED) is 0.595. The number of aliphatic imine (C=N–C) groups is 1. The van der Waals surface area contributed by atoms with E-state index >= 15 is 0 Å². The van der Waals surface area contributed by atoms with Crippen LogP contribution in [0.25, 0.3) is 0 Å². The zero-order valence-corrected chi connectivity index (χ0v) is 14.5. The van der Waals surface area contributed by atoms with Crippen molar-refractivity contribution in [2.45, 2.75) is 13.0 Å². The monoisotopic (exact) mass is 347 g/mol. The Balaban J connectivity index is 1.91. The maximum atomic E-state index is 12.9. The van der Waals surface area contributed by atoms with Crippen molar-refractivity contribution in [1.82, 2.24) is 0 Å². The van der Waals surface area contributed by atoms with Crippen LogP contribution in [0.3, 0.4) is 0 Å². The molecule has 0 saturated heterocycles. The van der Waals surface area contributed by atoms with Crippen molar-refractivity contribution >= 4 is 11.6 Å². The van der Waals surface area contributed by atoms with Gasteiger partial charge in [-0.15, -0.1) is 0 Å². The number of nitrogens with two attached hydrogens (primary N) is 1. The van der Waals surface area contributed by atoms with Crippen LogP contribution in [-0.4, -0.2) is 32.8 Å². The molecule has 0 aromatic heterocycles. The van der Waals surface area contributed by atoms with E-state index in [0.29, 0.717) is 23.8 Å². The van der Waals surface area contributed by atoms with Crippen LogP contribution >= 0.6 is 0 Å². The molecule has 2 aromatic carbocycles. The normalized spacial score (nSPS) is 12.4. The summed E-state index contributed by atoms with van der Waals surface area (Å²) in [6, 6.07) is 11.2. The Bertz CT molecular complexity index is 720. The molecule has 0 aliphatic rings. The molecule has 1 unspecified atom stereocenters. The van der Waals surface area contributed by atoms with Gasteiger partial charge >= 0.3 is 0 Å². The lowest BCUT2D eigenvalue weighted by Gasteiger charge is -2.14. The predicted octanol–water partition coefficient (Wildman–Crippen LogP) is 3.04. The van der Waals surface area contributed by atoms with Gasteiger partial charge in [0, 0.05) is 11.8 Å². The first-order chi connectivity index (χ1) is 12.0. The highest BCUT2D eigenvalue weighted by molar-refractivity contribution is 5.92. The number of hydrogen-bond donors (Lipinski definition) is 2. The summed E-state index contributed by atoms with van der Waals surface area (Å²) in [6.45, 7) is 2.21. The van der Waals surface area contributed by atoms with Crippen molar-refractivity contribution in [1.29, 1.82) is 0 Å². The van der Waals surface area contributed by atoms with Gasteiger partial charge in [0.1, 0.15) is 17.7 Å². The van der Waals surface area contributed by atoms with E-state index in [2.05, 4.69) is 10.3 Å². The zero-order valence-electron chi connectivity index (χ0n) is 14.5. The average Bonchev–Trinajstić information content (AvgIpc) is 2.62. The van der Waals surface area contributed by atoms with E-state index in [-0.39, 0.29) is 17.9 Å². The van der Waals surface area contributed by atoms with Gasteiger partial charge in [0.05, 0.1) is 20.8 Å². The molecule has 25 heavy (non-hydrogen) atoms. The molecule has 0 aliphatic heterocycles. The maximum Gasteiger partial charge on any atom is 0.193 e. The third-order valence-electron chi connectivity index (χ3n) is 3.33. The van der Waals surface area contributed by atoms with Crippen LogP contribution < -0.4 is 25.3 Å². The van der Waals surface area contributed by atoms with E-state index in [0.717, 1.165) is 5.69 Å². The van der Waals surface area contributed by atoms with Gasteiger partial charge in [-0.3, -0.25) is 0 Å². The van der Waals surface area contributed by atoms with Crippen LogP contribution in [0, 0.1) is 5.82 Å². The molecule has 134 valence electrons. The third-order valence-corrected chi connectivity index (χ3v) is 3.33. The van der Waals surface area contributed by atoms with E-state index in [9.17, 15) is 4.39 Å². The fourth-order valence-electron chi connectivity index (χ4n) is 2.11. The number of rotatable bonds is 7. The Morgan fingerprint density at radius 1 is 1.12 bits per heavy atom. The lowest BCUT2D eigenvalue weighted by molar-refractivity contribution is 0.230. The summed E-state index contributed by atoms with van der Waals surface area (Å²) in [7, 11) is 3.14. The van der Waals surface area contributed by atoms with Gasteiger partial charge in [0.15, 0.2) is 17.5 Å². The number of guanidine groups is 1. The maximum absolute atomic E-state index is 12.9. The summed E-state index contributed by atoms with van der Waals surface area (Å²) >= 11 is 0. The van der Waals surface area contributed by atoms with Crippen molar-refractivity contribution in [3.05, 3.63) is 48.3 Å². The van der Waals surface area contributed by atoms with Crippen LogP contribution in [0.2, 0.25) is 0 Å². The number of nitrogens with one attached hydrogen (secondary N) is 1.